The molecule has 0 aliphatic carbocycles. The molecule has 0 aliphatic heterocycles. The average Bonchev–Trinajstić information content (AvgIpc) is 3.28. The summed E-state index contributed by atoms with van der Waals surface area (Å²) in [4.78, 5) is 38.0. The van der Waals surface area contributed by atoms with Gasteiger partial charge < -0.3 is 14.2 Å². The molecule has 0 heterocycles. The molecule has 0 aromatic heterocycles. The molecule has 0 N–H and O–H groups in total. The molecule has 0 rings (SSSR count). The van der Waals surface area contributed by atoms with Gasteiger partial charge in [-0.1, -0.05) is 236 Å². The van der Waals surface area contributed by atoms with Crippen LogP contribution in [0.25, 0.3) is 0 Å². The highest BCUT2D eigenvalue weighted by Crippen LogP contribution is 2.15. The summed E-state index contributed by atoms with van der Waals surface area (Å²) < 4.78 is 16.8. The summed E-state index contributed by atoms with van der Waals surface area (Å²) in [5, 5.41) is 0. The molecule has 0 amide bonds. The minimum absolute atomic E-state index is 0.0797. The average molecular weight is 881 g/mol. The molecule has 1 atom stereocenters. The van der Waals surface area contributed by atoms with Gasteiger partial charge in [-0.3, -0.25) is 14.4 Å². The quantitative estimate of drug-likeness (QED) is 0.0199. The molecule has 0 saturated heterocycles. The second kappa shape index (κ2) is 51.7. The van der Waals surface area contributed by atoms with Gasteiger partial charge in [-0.25, -0.2) is 0 Å². The maximum atomic E-state index is 12.8. The number of allylic oxidation sites excluding steroid dienone is 10. The van der Waals surface area contributed by atoms with E-state index < -0.39 is 6.10 Å². The molecule has 1 unspecified atom stereocenters. The van der Waals surface area contributed by atoms with Crippen molar-refractivity contribution in [3.8, 4) is 0 Å². The van der Waals surface area contributed by atoms with E-state index in [0.717, 1.165) is 83.5 Å². The van der Waals surface area contributed by atoms with Crippen molar-refractivity contribution >= 4 is 17.9 Å². The van der Waals surface area contributed by atoms with Crippen LogP contribution in [0.1, 0.15) is 265 Å². The van der Waals surface area contributed by atoms with Gasteiger partial charge in [-0.05, 0) is 70.6 Å². The predicted molar refractivity (Wildman–Crippen MR) is 270 cm³/mol. The van der Waals surface area contributed by atoms with E-state index in [4.69, 9.17) is 14.2 Å². The Hall–Kier alpha value is -2.89. The van der Waals surface area contributed by atoms with Crippen LogP contribution < -0.4 is 0 Å². The number of carbonyl (C=O) groups excluding carboxylic acids is 3. The summed E-state index contributed by atoms with van der Waals surface area (Å²) in [5.74, 6) is -0.892. The fourth-order valence-corrected chi connectivity index (χ4v) is 7.53. The van der Waals surface area contributed by atoms with Crippen molar-refractivity contribution in [2.75, 3.05) is 13.2 Å². The van der Waals surface area contributed by atoms with E-state index in [1.54, 1.807) is 0 Å². The largest absolute Gasteiger partial charge is 0.462 e. The molecular weight excluding hydrogens is 781 g/mol. The monoisotopic (exact) mass is 881 g/mol. The van der Waals surface area contributed by atoms with Gasteiger partial charge in [0, 0.05) is 19.3 Å². The molecule has 0 aromatic rings. The van der Waals surface area contributed by atoms with Gasteiger partial charge in [0.25, 0.3) is 0 Å². The van der Waals surface area contributed by atoms with Crippen molar-refractivity contribution in [1.29, 1.82) is 0 Å². The Labute approximate surface area is 390 Å². The van der Waals surface area contributed by atoms with Gasteiger partial charge in [-0.2, -0.15) is 0 Å². The molecule has 6 nitrogen and oxygen atoms in total. The van der Waals surface area contributed by atoms with Crippen LogP contribution in [-0.4, -0.2) is 37.2 Å². The van der Waals surface area contributed by atoms with Gasteiger partial charge in [0.1, 0.15) is 13.2 Å². The van der Waals surface area contributed by atoms with Gasteiger partial charge in [0.2, 0.25) is 0 Å². The van der Waals surface area contributed by atoms with Crippen LogP contribution in [0.4, 0.5) is 0 Å². The number of hydrogen-bond donors (Lipinski definition) is 0. The molecular formula is C57H100O6. The topological polar surface area (TPSA) is 78.9 Å². The lowest BCUT2D eigenvalue weighted by Crippen LogP contribution is -2.30. The standard InChI is InChI=1S/C57H100O6/c1-4-7-10-13-16-19-22-25-27-28-30-32-35-38-41-44-47-50-56(59)62-53-54(52-61-55(58)49-46-43-40-37-34-31-24-21-18-15-12-9-6-3)63-57(60)51-48-45-42-39-36-33-29-26-23-20-17-14-11-8-5-2/h8,11,14,16-17,19-20,23,25,27,54H,4-7,9-10,12-13,15,18,21-22,24,26,28-53H2,1-3H3/b11-8-,17-14-,19-16-,23-20-,27-25-. The van der Waals surface area contributed by atoms with E-state index in [2.05, 4.69) is 81.5 Å². The van der Waals surface area contributed by atoms with Crippen LogP contribution in [0.15, 0.2) is 60.8 Å². The molecule has 0 spiro atoms. The Kier molecular flexibility index (Phi) is 49.4. The van der Waals surface area contributed by atoms with Crippen molar-refractivity contribution in [2.24, 2.45) is 0 Å². The third-order valence-electron chi connectivity index (χ3n) is 11.6. The lowest BCUT2D eigenvalue weighted by molar-refractivity contribution is -0.167. The van der Waals surface area contributed by atoms with Gasteiger partial charge in [0.05, 0.1) is 0 Å². The summed E-state index contributed by atoms with van der Waals surface area (Å²) in [6.07, 6.45) is 63.4. The minimum Gasteiger partial charge on any atom is -0.462 e. The second-order valence-corrected chi connectivity index (χ2v) is 17.8. The zero-order chi connectivity index (χ0) is 45.8. The zero-order valence-corrected chi connectivity index (χ0v) is 41.6. The number of rotatable bonds is 48. The summed E-state index contributed by atoms with van der Waals surface area (Å²) in [6.45, 7) is 6.48. The van der Waals surface area contributed by atoms with E-state index in [1.165, 1.54) is 141 Å². The van der Waals surface area contributed by atoms with E-state index in [0.29, 0.717) is 19.3 Å². The smallest absolute Gasteiger partial charge is 0.306 e. The second-order valence-electron chi connectivity index (χ2n) is 17.8. The Morgan fingerprint density at radius 3 is 1.11 bits per heavy atom. The number of unbranched alkanes of at least 4 members (excludes halogenated alkanes) is 29. The van der Waals surface area contributed by atoms with Crippen molar-refractivity contribution in [1.82, 2.24) is 0 Å². The molecule has 0 radical (unpaired) electrons. The Morgan fingerprint density at radius 2 is 0.683 bits per heavy atom. The van der Waals surface area contributed by atoms with Crippen molar-refractivity contribution < 1.29 is 28.6 Å². The molecule has 0 aliphatic rings. The van der Waals surface area contributed by atoms with E-state index >= 15 is 0 Å². The van der Waals surface area contributed by atoms with Crippen LogP contribution in [0.2, 0.25) is 0 Å². The highest BCUT2D eigenvalue weighted by molar-refractivity contribution is 5.71. The fourth-order valence-electron chi connectivity index (χ4n) is 7.53. The lowest BCUT2D eigenvalue weighted by Gasteiger charge is -2.18. The SMILES string of the molecule is CC\C=C/C=C\C=C/CCCCCCCCCC(=O)OC(COC(=O)CCCCCCCCC/C=C\C/C=C\CCCCC)COC(=O)CCCCCCCCCCCCCCC. The molecule has 6 heteroatoms. The number of esters is 3. The highest BCUT2D eigenvalue weighted by Gasteiger charge is 2.19. The Bertz CT molecular complexity index is 1150. The summed E-state index contributed by atoms with van der Waals surface area (Å²) in [7, 11) is 0. The first kappa shape index (κ1) is 60.1. The first-order chi connectivity index (χ1) is 31.0. The van der Waals surface area contributed by atoms with Crippen molar-refractivity contribution in [3.63, 3.8) is 0 Å². The molecule has 0 saturated carbocycles. The molecule has 0 bridgehead atoms. The summed E-state index contributed by atoms with van der Waals surface area (Å²) in [5.41, 5.74) is 0. The molecule has 0 fully saturated rings. The first-order valence-corrected chi connectivity index (χ1v) is 26.8. The minimum atomic E-state index is -0.781. The molecule has 0 aromatic carbocycles. The Balaban J connectivity index is 4.39. The summed E-state index contributed by atoms with van der Waals surface area (Å²) >= 11 is 0. The zero-order valence-electron chi connectivity index (χ0n) is 41.6. The maximum absolute atomic E-state index is 12.8. The van der Waals surface area contributed by atoms with E-state index in [9.17, 15) is 14.4 Å². The van der Waals surface area contributed by atoms with Crippen LogP contribution in [0.3, 0.4) is 0 Å². The molecule has 63 heavy (non-hydrogen) atoms. The number of ether oxygens (including phenoxy) is 3. The normalized spacial score (nSPS) is 12.5. The Morgan fingerprint density at radius 1 is 0.349 bits per heavy atom. The van der Waals surface area contributed by atoms with Crippen molar-refractivity contribution in [3.05, 3.63) is 60.8 Å². The van der Waals surface area contributed by atoms with Gasteiger partial charge in [0.15, 0.2) is 6.10 Å². The van der Waals surface area contributed by atoms with Crippen LogP contribution in [-0.2, 0) is 28.6 Å². The van der Waals surface area contributed by atoms with E-state index in [1.807, 2.05) is 0 Å². The number of hydrogen-bond acceptors (Lipinski definition) is 6. The maximum Gasteiger partial charge on any atom is 0.306 e. The molecule has 364 valence electrons. The predicted octanol–water partition coefficient (Wildman–Crippen LogP) is 17.6. The van der Waals surface area contributed by atoms with Crippen LogP contribution in [0.5, 0.6) is 0 Å². The highest BCUT2D eigenvalue weighted by atomic mass is 16.6. The third-order valence-corrected chi connectivity index (χ3v) is 11.6. The van der Waals surface area contributed by atoms with Crippen molar-refractivity contribution in [2.45, 2.75) is 271 Å². The summed E-state index contributed by atoms with van der Waals surface area (Å²) in [6, 6.07) is 0. The first-order valence-electron chi connectivity index (χ1n) is 26.8. The third kappa shape index (κ3) is 50.0. The van der Waals surface area contributed by atoms with Crippen LogP contribution in [0, 0.1) is 0 Å². The number of carbonyl (C=O) groups is 3. The fraction of sp³-hybridized carbons (Fsp3) is 0.772. The van der Waals surface area contributed by atoms with Gasteiger partial charge in [-0.15, -0.1) is 0 Å². The van der Waals surface area contributed by atoms with Crippen LogP contribution >= 0.6 is 0 Å². The lowest BCUT2D eigenvalue weighted by atomic mass is 10.0. The van der Waals surface area contributed by atoms with E-state index in [-0.39, 0.29) is 31.1 Å². The van der Waals surface area contributed by atoms with Gasteiger partial charge >= 0.3 is 17.9 Å².